The molecule has 32 heavy (non-hydrogen) atoms. The summed E-state index contributed by atoms with van der Waals surface area (Å²) in [6.45, 7) is 17.7. The number of hydrogen-bond acceptors (Lipinski definition) is 4. The van der Waals surface area contributed by atoms with Crippen molar-refractivity contribution in [1.82, 2.24) is 14.5 Å². The maximum atomic E-state index is 13.1. The van der Waals surface area contributed by atoms with E-state index in [1.165, 1.54) is 12.8 Å². The Balaban J connectivity index is 2.14. The molecule has 0 N–H and O–H groups in total. The molecule has 0 spiro atoms. The van der Waals surface area contributed by atoms with E-state index in [9.17, 15) is 4.79 Å². The molecule has 1 aromatic heterocycles. The predicted molar refractivity (Wildman–Crippen MR) is 135 cm³/mol. The van der Waals surface area contributed by atoms with E-state index in [1.807, 2.05) is 31.2 Å². The van der Waals surface area contributed by atoms with Gasteiger partial charge in [-0.2, -0.15) is 0 Å². The van der Waals surface area contributed by atoms with Gasteiger partial charge in [-0.15, -0.1) is 0 Å². The van der Waals surface area contributed by atoms with Gasteiger partial charge in [-0.05, 0) is 77.1 Å². The van der Waals surface area contributed by atoms with E-state index in [-0.39, 0.29) is 11.1 Å². The third-order valence-corrected chi connectivity index (χ3v) is 5.77. The number of ether oxygens (including phenoxy) is 1. The minimum Gasteiger partial charge on any atom is -0.494 e. The Morgan fingerprint density at radius 3 is 2.41 bits per heavy atom. The van der Waals surface area contributed by atoms with Crippen LogP contribution < -0.4 is 20.9 Å². The summed E-state index contributed by atoms with van der Waals surface area (Å²) in [6.07, 6.45) is 9.94. The predicted octanol–water partition coefficient (Wildman–Crippen LogP) is 3.75. The lowest BCUT2D eigenvalue weighted by atomic mass is 9.97. The molecule has 0 saturated carbocycles. The molecule has 5 nitrogen and oxygen atoms in total. The SMILES string of the molecule is C=C/C=c1/nc(C)n(-c2ccc(OCCCN(C)C(C)(C)CCC)cc2)c(=O)/c1=C/C=C. The molecule has 5 heteroatoms. The van der Waals surface area contributed by atoms with Gasteiger partial charge in [0, 0.05) is 12.1 Å². The van der Waals surface area contributed by atoms with Crippen molar-refractivity contribution in [2.24, 2.45) is 0 Å². The van der Waals surface area contributed by atoms with Crippen molar-refractivity contribution in [2.75, 3.05) is 20.2 Å². The van der Waals surface area contributed by atoms with Gasteiger partial charge in [0.25, 0.3) is 5.56 Å². The fourth-order valence-electron chi connectivity index (χ4n) is 3.77. The molecule has 2 rings (SSSR count). The average molecular weight is 436 g/mol. The van der Waals surface area contributed by atoms with Crippen LogP contribution in [-0.4, -0.2) is 40.2 Å². The molecule has 0 saturated heterocycles. The third-order valence-electron chi connectivity index (χ3n) is 5.77. The first-order chi connectivity index (χ1) is 15.2. The van der Waals surface area contributed by atoms with Gasteiger partial charge in [0.15, 0.2) is 0 Å². The molecule has 0 fully saturated rings. The normalized spacial score (nSPS) is 12.9. The molecule has 1 heterocycles. The fourth-order valence-corrected chi connectivity index (χ4v) is 3.77. The Kier molecular flexibility index (Phi) is 9.21. The van der Waals surface area contributed by atoms with Crippen molar-refractivity contribution >= 4 is 12.2 Å². The first-order valence-corrected chi connectivity index (χ1v) is 11.2. The van der Waals surface area contributed by atoms with Crippen molar-refractivity contribution in [1.29, 1.82) is 0 Å². The summed E-state index contributed by atoms with van der Waals surface area (Å²) in [7, 11) is 2.18. The second-order valence-electron chi connectivity index (χ2n) is 8.58. The zero-order valence-electron chi connectivity index (χ0n) is 20.2. The molecule has 0 bridgehead atoms. The van der Waals surface area contributed by atoms with Crippen LogP contribution in [0.2, 0.25) is 0 Å². The molecular weight excluding hydrogens is 398 g/mol. The molecule has 0 aliphatic rings. The van der Waals surface area contributed by atoms with E-state index in [2.05, 4.69) is 50.9 Å². The molecular formula is C27H37N3O2. The summed E-state index contributed by atoms with van der Waals surface area (Å²) in [5.41, 5.74) is 0.810. The summed E-state index contributed by atoms with van der Waals surface area (Å²) in [5, 5.41) is 1.08. The largest absolute Gasteiger partial charge is 0.494 e. The molecule has 0 aliphatic heterocycles. The number of aromatic nitrogens is 2. The van der Waals surface area contributed by atoms with E-state index < -0.39 is 0 Å². The minimum absolute atomic E-state index is 0.142. The van der Waals surface area contributed by atoms with Crippen LogP contribution in [0.3, 0.4) is 0 Å². The quantitative estimate of drug-likeness (QED) is 0.505. The fraction of sp³-hybridized carbons (Fsp3) is 0.407. The van der Waals surface area contributed by atoms with Crippen molar-refractivity contribution in [2.45, 2.75) is 52.5 Å². The number of benzene rings is 1. The number of allylic oxidation sites excluding steroid dienone is 2. The maximum Gasteiger partial charge on any atom is 0.265 e. The van der Waals surface area contributed by atoms with Crippen molar-refractivity contribution in [3.05, 3.63) is 76.3 Å². The number of nitrogens with zero attached hydrogens (tertiary/aromatic N) is 3. The highest BCUT2D eigenvalue weighted by atomic mass is 16.5. The molecule has 0 radical (unpaired) electrons. The Morgan fingerprint density at radius 1 is 1.16 bits per heavy atom. The van der Waals surface area contributed by atoms with E-state index in [0.717, 1.165) is 24.4 Å². The topological polar surface area (TPSA) is 47.4 Å². The summed E-state index contributed by atoms with van der Waals surface area (Å²) >= 11 is 0. The van der Waals surface area contributed by atoms with Crippen molar-refractivity contribution < 1.29 is 4.74 Å². The molecule has 2 aromatic rings. The van der Waals surface area contributed by atoms with Gasteiger partial charge < -0.3 is 9.64 Å². The van der Waals surface area contributed by atoms with Gasteiger partial charge >= 0.3 is 0 Å². The van der Waals surface area contributed by atoms with E-state index in [0.29, 0.717) is 23.0 Å². The Morgan fingerprint density at radius 2 is 1.81 bits per heavy atom. The second-order valence-corrected chi connectivity index (χ2v) is 8.58. The van der Waals surface area contributed by atoms with Crippen LogP contribution in [0.5, 0.6) is 5.75 Å². The van der Waals surface area contributed by atoms with Crippen LogP contribution in [0.15, 0.2) is 54.4 Å². The number of aryl methyl sites for hydroxylation is 1. The van der Waals surface area contributed by atoms with E-state index in [1.54, 1.807) is 28.9 Å². The van der Waals surface area contributed by atoms with E-state index in [4.69, 9.17) is 4.74 Å². The summed E-state index contributed by atoms with van der Waals surface area (Å²) in [4.78, 5) is 20.1. The molecule has 0 unspecified atom stereocenters. The highest BCUT2D eigenvalue weighted by Gasteiger charge is 2.21. The van der Waals surface area contributed by atoms with Crippen LogP contribution in [-0.2, 0) is 0 Å². The van der Waals surface area contributed by atoms with Gasteiger partial charge in [0.1, 0.15) is 11.6 Å². The molecule has 1 aromatic carbocycles. The average Bonchev–Trinajstić information content (AvgIpc) is 2.75. The van der Waals surface area contributed by atoms with Gasteiger partial charge in [0.05, 0.1) is 22.9 Å². The monoisotopic (exact) mass is 435 g/mol. The Hall–Kier alpha value is -2.92. The van der Waals surface area contributed by atoms with Crippen LogP contribution in [0.1, 0.15) is 45.9 Å². The lowest BCUT2D eigenvalue weighted by Crippen LogP contribution is -2.47. The van der Waals surface area contributed by atoms with Crippen molar-refractivity contribution in [3.63, 3.8) is 0 Å². The summed E-state index contributed by atoms with van der Waals surface area (Å²) in [5.74, 6) is 1.40. The lowest BCUT2D eigenvalue weighted by molar-refractivity contribution is 0.134. The third kappa shape index (κ3) is 6.30. The van der Waals surface area contributed by atoms with Crippen LogP contribution in [0.25, 0.3) is 17.8 Å². The zero-order chi connectivity index (χ0) is 23.7. The first kappa shape index (κ1) is 25.3. The van der Waals surface area contributed by atoms with Crippen molar-refractivity contribution in [3.8, 4) is 11.4 Å². The highest BCUT2D eigenvalue weighted by molar-refractivity contribution is 5.43. The van der Waals surface area contributed by atoms with Crippen LogP contribution in [0.4, 0.5) is 0 Å². The lowest BCUT2D eigenvalue weighted by Gasteiger charge is -2.35. The van der Waals surface area contributed by atoms with Gasteiger partial charge in [-0.1, -0.05) is 38.7 Å². The van der Waals surface area contributed by atoms with Gasteiger partial charge in [-0.3, -0.25) is 9.36 Å². The zero-order valence-corrected chi connectivity index (χ0v) is 20.2. The number of hydrogen-bond donors (Lipinski definition) is 0. The minimum atomic E-state index is -0.142. The number of rotatable bonds is 11. The smallest absolute Gasteiger partial charge is 0.265 e. The van der Waals surface area contributed by atoms with Crippen LogP contribution in [0, 0.1) is 6.92 Å². The summed E-state index contributed by atoms with van der Waals surface area (Å²) in [6, 6.07) is 7.56. The molecule has 0 aliphatic carbocycles. The Bertz CT molecular complexity index is 1100. The molecule has 0 amide bonds. The van der Waals surface area contributed by atoms with Gasteiger partial charge in [-0.25, -0.2) is 4.98 Å². The second kappa shape index (κ2) is 11.6. The van der Waals surface area contributed by atoms with Gasteiger partial charge in [0.2, 0.25) is 0 Å². The maximum absolute atomic E-state index is 13.1. The molecule has 172 valence electrons. The molecule has 0 atom stereocenters. The standard InChI is InChI=1S/C27H37N3O2/c1-8-12-24-25(13-9-2)28-21(4)30(26(24)31)22-14-16-23(17-15-22)32-20-11-19-29(7)27(5,6)18-10-3/h8-9,12-17H,1-2,10-11,18-20H2,3-7H3/b24-12+,25-13+. The first-order valence-electron chi connectivity index (χ1n) is 11.2. The Labute approximate surface area is 192 Å². The van der Waals surface area contributed by atoms with E-state index >= 15 is 0 Å². The highest BCUT2D eigenvalue weighted by Crippen LogP contribution is 2.19. The van der Waals surface area contributed by atoms with Crippen LogP contribution >= 0.6 is 0 Å². The summed E-state index contributed by atoms with van der Waals surface area (Å²) < 4.78 is 7.53.